The normalized spacial score (nSPS) is 11.7. The first-order chi connectivity index (χ1) is 11.0. The van der Waals surface area contributed by atoms with E-state index in [1.165, 1.54) is 0 Å². The van der Waals surface area contributed by atoms with Gasteiger partial charge in [0.25, 0.3) is 0 Å². The molecule has 1 atom stereocenters. The molecule has 0 saturated carbocycles. The summed E-state index contributed by atoms with van der Waals surface area (Å²) in [6.45, 7) is 2.00. The fraction of sp³-hybridized carbons (Fsp3) is 0.250. The zero-order valence-corrected chi connectivity index (χ0v) is 12.7. The number of rotatable bonds is 6. The van der Waals surface area contributed by atoms with Crippen LogP contribution in [0, 0.1) is 0 Å². The van der Waals surface area contributed by atoms with Crippen molar-refractivity contribution in [2.24, 2.45) is 5.73 Å². The maximum absolute atomic E-state index is 11.9. The fourth-order valence-corrected chi connectivity index (χ4v) is 2.04. The molecule has 7 heteroatoms. The van der Waals surface area contributed by atoms with E-state index >= 15 is 0 Å². The van der Waals surface area contributed by atoms with Gasteiger partial charge in [-0.1, -0.05) is 30.3 Å². The van der Waals surface area contributed by atoms with E-state index in [9.17, 15) is 14.8 Å². The average molecular weight is 317 g/mol. The lowest BCUT2D eigenvalue weighted by atomic mass is 10.2. The molecule has 4 N–H and O–H groups in total. The van der Waals surface area contributed by atoms with E-state index in [0.717, 1.165) is 5.56 Å². The minimum Gasteiger partial charge on any atom is -0.463 e. The Bertz CT molecular complexity index is 669. The highest BCUT2D eigenvalue weighted by Gasteiger charge is 2.20. The van der Waals surface area contributed by atoms with Crippen LogP contribution in [0.4, 0.5) is 4.79 Å². The standard InChI is InChI=1S/C16H19N3O4/c1-11(19(22)16(17)21)14-8-7-13(23-14)9-15(20)18-10-12-5-3-2-4-6-12/h2-8,11,22H,9-10H2,1H3,(H2,17,21)(H,18,20). The van der Waals surface area contributed by atoms with E-state index in [1.54, 1.807) is 19.1 Å². The lowest BCUT2D eigenvalue weighted by molar-refractivity contribution is -0.120. The zero-order valence-electron chi connectivity index (χ0n) is 12.7. The van der Waals surface area contributed by atoms with Crippen LogP contribution in [0.1, 0.15) is 30.0 Å². The lowest BCUT2D eigenvalue weighted by Gasteiger charge is -2.18. The quantitative estimate of drug-likeness (QED) is 0.559. The van der Waals surface area contributed by atoms with Gasteiger partial charge in [0.2, 0.25) is 5.91 Å². The highest BCUT2D eigenvalue weighted by atomic mass is 16.5. The van der Waals surface area contributed by atoms with E-state index in [1.807, 2.05) is 30.3 Å². The second kappa shape index (κ2) is 7.46. The molecule has 23 heavy (non-hydrogen) atoms. The minimum atomic E-state index is -0.976. The van der Waals surface area contributed by atoms with Crippen molar-refractivity contribution in [3.05, 3.63) is 59.5 Å². The van der Waals surface area contributed by atoms with Crippen molar-refractivity contribution in [1.82, 2.24) is 10.4 Å². The third-order valence-electron chi connectivity index (χ3n) is 3.35. The van der Waals surface area contributed by atoms with Crippen molar-refractivity contribution in [2.75, 3.05) is 0 Å². The van der Waals surface area contributed by atoms with Crippen molar-refractivity contribution in [2.45, 2.75) is 25.9 Å². The summed E-state index contributed by atoms with van der Waals surface area (Å²) in [6.07, 6.45) is 0.0710. The summed E-state index contributed by atoms with van der Waals surface area (Å²) in [5.41, 5.74) is 5.99. The van der Waals surface area contributed by atoms with Gasteiger partial charge < -0.3 is 15.5 Å². The molecular weight excluding hydrogens is 298 g/mol. The summed E-state index contributed by atoms with van der Waals surface area (Å²) in [4.78, 5) is 22.8. The highest BCUT2D eigenvalue weighted by molar-refractivity contribution is 5.77. The molecule has 2 rings (SSSR count). The first kappa shape index (κ1) is 16.6. The number of urea groups is 1. The number of nitrogens with one attached hydrogen (secondary N) is 1. The number of primary amides is 1. The molecule has 0 aliphatic rings. The maximum atomic E-state index is 11.9. The number of hydrogen-bond acceptors (Lipinski definition) is 4. The van der Waals surface area contributed by atoms with Crippen molar-refractivity contribution in [3.8, 4) is 0 Å². The van der Waals surface area contributed by atoms with Crippen LogP contribution >= 0.6 is 0 Å². The van der Waals surface area contributed by atoms with Gasteiger partial charge in [0, 0.05) is 6.54 Å². The fourth-order valence-electron chi connectivity index (χ4n) is 2.04. The van der Waals surface area contributed by atoms with Crippen LogP contribution < -0.4 is 11.1 Å². The van der Waals surface area contributed by atoms with Gasteiger partial charge in [-0.3, -0.25) is 10.0 Å². The summed E-state index contributed by atoms with van der Waals surface area (Å²) in [7, 11) is 0. The molecule has 0 bridgehead atoms. The smallest absolute Gasteiger partial charge is 0.339 e. The van der Waals surface area contributed by atoms with Gasteiger partial charge in [-0.05, 0) is 24.6 Å². The number of nitrogens with zero attached hydrogens (tertiary/aromatic N) is 1. The molecule has 7 nitrogen and oxygen atoms in total. The van der Waals surface area contributed by atoms with Crippen molar-refractivity contribution in [3.63, 3.8) is 0 Å². The molecule has 0 fully saturated rings. The zero-order chi connectivity index (χ0) is 16.8. The number of amides is 3. The van der Waals surface area contributed by atoms with E-state index < -0.39 is 12.1 Å². The minimum absolute atomic E-state index is 0.0710. The van der Waals surface area contributed by atoms with E-state index in [-0.39, 0.29) is 12.3 Å². The van der Waals surface area contributed by atoms with Gasteiger partial charge in [-0.15, -0.1) is 0 Å². The lowest BCUT2D eigenvalue weighted by Crippen LogP contribution is -2.34. The number of benzene rings is 1. The number of furan rings is 1. The van der Waals surface area contributed by atoms with E-state index in [2.05, 4.69) is 5.32 Å². The molecule has 3 amide bonds. The van der Waals surface area contributed by atoms with Gasteiger partial charge in [0.05, 0.1) is 6.42 Å². The molecule has 0 saturated heterocycles. The maximum Gasteiger partial charge on any atom is 0.339 e. The Balaban J connectivity index is 1.88. The molecular formula is C16H19N3O4. The van der Waals surface area contributed by atoms with Gasteiger partial charge in [-0.25, -0.2) is 4.79 Å². The van der Waals surface area contributed by atoms with Gasteiger partial charge in [0.1, 0.15) is 17.6 Å². The molecule has 0 spiro atoms. The summed E-state index contributed by atoms with van der Waals surface area (Å²) in [5.74, 6) is 0.602. The molecule has 2 aromatic rings. The van der Waals surface area contributed by atoms with Crippen molar-refractivity contribution in [1.29, 1.82) is 0 Å². The number of hydrogen-bond donors (Lipinski definition) is 3. The van der Waals surface area contributed by atoms with Crippen LogP contribution in [0.3, 0.4) is 0 Å². The molecule has 1 aromatic heterocycles. The summed E-state index contributed by atoms with van der Waals surface area (Å²) < 4.78 is 5.47. The van der Waals surface area contributed by atoms with Crippen LogP contribution in [0.5, 0.6) is 0 Å². The number of hydroxylamine groups is 2. The molecule has 122 valence electrons. The van der Waals surface area contributed by atoms with Gasteiger partial charge >= 0.3 is 6.03 Å². The molecule has 0 aliphatic heterocycles. The van der Waals surface area contributed by atoms with Crippen LogP contribution in [-0.4, -0.2) is 22.2 Å². The van der Waals surface area contributed by atoms with Gasteiger partial charge in [0.15, 0.2) is 0 Å². The molecule has 1 unspecified atom stereocenters. The van der Waals surface area contributed by atoms with E-state index in [0.29, 0.717) is 23.1 Å². The average Bonchev–Trinajstić information content (AvgIpc) is 3.00. The largest absolute Gasteiger partial charge is 0.463 e. The van der Waals surface area contributed by atoms with Crippen LogP contribution in [0.25, 0.3) is 0 Å². The first-order valence-electron chi connectivity index (χ1n) is 7.14. The predicted molar refractivity (Wildman–Crippen MR) is 82.3 cm³/mol. The van der Waals surface area contributed by atoms with E-state index in [4.69, 9.17) is 10.2 Å². The van der Waals surface area contributed by atoms with Crippen LogP contribution in [0.2, 0.25) is 0 Å². The monoisotopic (exact) mass is 317 g/mol. The van der Waals surface area contributed by atoms with Crippen molar-refractivity contribution >= 4 is 11.9 Å². The molecule has 1 aromatic carbocycles. The van der Waals surface area contributed by atoms with Crippen LogP contribution in [0.15, 0.2) is 46.9 Å². The Morgan fingerprint density at radius 2 is 1.96 bits per heavy atom. The highest BCUT2D eigenvalue weighted by Crippen LogP contribution is 2.21. The summed E-state index contributed by atoms with van der Waals surface area (Å²) >= 11 is 0. The van der Waals surface area contributed by atoms with Crippen LogP contribution in [-0.2, 0) is 17.8 Å². The Morgan fingerprint density at radius 3 is 2.61 bits per heavy atom. The van der Waals surface area contributed by atoms with Crippen molar-refractivity contribution < 1.29 is 19.2 Å². The summed E-state index contributed by atoms with van der Waals surface area (Å²) in [6, 6.07) is 11.1. The number of carbonyl (C=O) groups is 2. The molecule has 0 radical (unpaired) electrons. The Hall–Kier alpha value is -2.80. The Labute approximate surface area is 133 Å². The van der Waals surface area contributed by atoms with Gasteiger partial charge in [-0.2, -0.15) is 5.06 Å². The molecule has 1 heterocycles. The second-order valence-electron chi connectivity index (χ2n) is 5.10. The Morgan fingerprint density at radius 1 is 1.26 bits per heavy atom. The second-order valence-corrected chi connectivity index (χ2v) is 5.10. The SMILES string of the molecule is CC(c1ccc(CC(=O)NCc2ccccc2)o1)N(O)C(N)=O. The summed E-state index contributed by atoms with van der Waals surface area (Å²) in [5, 5.41) is 12.6. The topological polar surface area (TPSA) is 109 Å². The number of nitrogens with two attached hydrogens (primary N) is 1. The first-order valence-corrected chi connectivity index (χ1v) is 7.14. The predicted octanol–water partition coefficient (Wildman–Crippen LogP) is 1.97. The molecule has 0 aliphatic carbocycles. The number of carbonyl (C=O) groups excluding carboxylic acids is 2. The Kier molecular flexibility index (Phi) is 5.37. The third-order valence-corrected chi connectivity index (χ3v) is 3.35. The third kappa shape index (κ3) is 4.58.